The predicted octanol–water partition coefficient (Wildman–Crippen LogP) is 4.03. The van der Waals surface area contributed by atoms with Crippen LogP contribution in [0.1, 0.15) is 35.7 Å². The van der Waals surface area contributed by atoms with Gasteiger partial charge in [0, 0.05) is 55.5 Å². The molecule has 2 aliphatic heterocycles. The summed E-state index contributed by atoms with van der Waals surface area (Å²) in [4.78, 5) is 17.5. The third-order valence-corrected chi connectivity index (χ3v) is 8.69. The lowest BCUT2D eigenvalue weighted by Crippen LogP contribution is -2.49. The number of carbonyl (C=O) groups excluding carboxylic acids is 1. The molecule has 0 N–H and O–H groups in total. The summed E-state index contributed by atoms with van der Waals surface area (Å²) in [6.07, 6.45) is 1.74. The van der Waals surface area contributed by atoms with E-state index in [1.807, 2.05) is 36.1 Å². The molecule has 0 saturated carbocycles. The Kier molecular flexibility index (Phi) is 6.79. The van der Waals surface area contributed by atoms with Crippen LogP contribution in [0.3, 0.4) is 0 Å². The fourth-order valence-electron chi connectivity index (χ4n) is 4.38. The number of piperazine rings is 1. The minimum atomic E-state index is -3.60. The number of hydrogen-bond acceptors (Lipinski definition) is 4. The Morgan fingerprint density at radius 1 is 0.969 bits per heavy atom. The summed E-state index contributed by atoms with van der Waals surface area (Å²) in [5, 5.41) is 0.692. The molecule has 2 aliphatic rings. The van der Waals surface area contributed by atoms with E-state index in [2.05, 4.69) is 11.8 Å². The van der Waals surface area contributed by atoms with Crippen molar-refractivity contribution in [1.29, 1.82) is 0 Å². The van der Waals surface area contributed by atoms with Crippen LogP contribution in [0.4, 0.5) is 5.69 Å². The second-order valence-corrected chi connectivity index (χ2v) is 11.2. The van der Waals surface area contributed by atoms with Crippen molar-refractivity contribution in [3.05, 3.63) is 58.6 Å². The Labute approximate surface area is 195 Å². The van der Waals surface area contributed by atoms with Crippen LogP contribution in [-0.2, 0) is 10.0 Å². The molecule has 6 nitrogen and oxygen atoms in total. The molecule has 2 aromatic carbocycles. The minimum Gasteiger partial charge on any atom is -0.368 e. The molecule has 0 radical (unpaired) electrons. The number of benzene rings is 2. The molecule has 2 saturated heterocycles. The van der Waals surface area contributed by atoms with Gasteiger partial charge in [0.2, 0.25) is 10.0 Å². The maximum Gasteiger partial charge on any atom is 0.254 e. The number of sulfonamides is 1. The number of hydrogen-bond donors (Lipinski definition) is 0. The van der Waals surface area contributed by atoms with Crippen LogP contribution >= 0.6 is 11.6 Å². The zero-order chi connectivity index (χ0) is 22.9. The van der Waals surface area contributed by atoms with Crippen molar-refractivity contribution < 1.29 is 13.2 Å². The molecular weight excluding hydrogens is 446 g/mol. The quantitative estimate of drug-likeness (QED) is 0.669. The number of aryl methyl sites for hydroxylation is 1. The van der Waals surface area contributed by atoms with E-state index in [9.17, 15) is 13.2 Å². The highest BCUT2D eigenvalue weighted by Crippen LogP contribution is 2.26. The molecule has 0 atom stereocenters. The SMILES string of the molecule is Cc1ccc(S(=O)(=O)N2CCC(C)CC2)cc1C(=O)N1CCN(c2cccc(Cl)c2)CC1. The van der Waals surface area contributed by atoms with E-state index in [0.29, 0.717) is 55.8 Å². The van der Waals surface area contributed by atoms with Crippen molar-refractivity contribution in [1.82, 2.24) is 9.21 Å². The summed E-state index contributed by atoms with van der Waals surface area (Å²) in [6.45, 7) is 7.63. The standard InChI is InChI=1S/C24H30ClN3O3S/c1-18-8-10-28(11-9-18)32(30,31)22-7-6-19(2)23(17-22)24(29)27-14-12-26(13-15-27)21-5-3-4-20(25)16-21/h3-7,16-18H,8-15H2,1-2H3. The molecule has 4 rings (SSSR count). The maximum absolute atomic E-state index is 13.3. The van der Waals surface area contributed by atoms with Gasteiger partial charge in [-0.1, -0.05) is 30.7 Å². The van der Waals surface area contributed by atoms with Gasteiger partial charge in [0.05, 0.1) is 4.90 Å². The number of rotatable bonds is 4. The number of nitrogens with zero attached hydrogens (tertiary/aromatic N) is 3. The summed E-state index contributed by atoms with van der Waals surface area (Å²) >= 11 is 6.11. The third kappa shape index (κ3) is 4.80. The first-order valence-electron chi connectivity index (χ1n) is 11.2. The molecule has 0 unspecified atom stereocenters. The van der Waals surface area contributed by atoms with Gasteiger partial charge < -0.3 is 9.80 Å². The first-order chi connectivity index (χ1) is 15.3. The van der Waals surface area contributed by atoms with Gasteiger partial charge in [-0.2, -0.15) is 4.31 Å². The van der Waals surface area contributed by atoms with Gasteiger partial charge in [-0.05, 0) is 61.6 Å². The van der Waals surface area contributed by atoms with Gasteiger partial charge in [0.15, 0.2) is 0 Å². The number of halogens is 1. The number of amides is 1. The van der Waals surface area contributed by atoms with E-state index in [0.717, 1.165) is 24.1 Å². The van der Waals surface area contributed by atoms with Crippen molar-refractivity contribution in [2.24, 2.45) is 5.92 Å². The number of anilines is 1. The Morgan fingerprint density at radius 3 is 2.31 bits per heavy atom. The van der Waals surface area contributed by atoms with E-state index in [4.69, 9.17) is 11.6 Å². The fraction of sp³-hybridized carbons (Fsp3) is 0.458. The summed E-state index contributed by atoms with van der Waals surface area (Å²) in [5.41, 5.74) is 2.30. The molecule has 0 spiro atoms. The van der Waals surface area contributed by atoms with Crippen molar-refractivity contribution in [2.45, 2.75) is 31.6 Å². The van der Waals surface area contributed by atoms with Crippen molar-refractivity contribution in [3.8, 4) is 0 Å². The summed E-state index contributed by atoms with van der Waals surface area (Å²) in [5.74, 6) is 0.430. The Morgan fingerprint density at radius 2 is 1.66 bits per heavy atom. The normalized spacial score (nSPS) is 18.7. The largest absolute Gasteiger partial charge is 0.368 e. The zero-order valence-corrected chi connectivity index (χ0v) is 20.2. The highest BCUT2D eigenvalue weighted by atomic mass is 35.5. The van der Waals surface area contributed by atoms with Gasteiger partial charge in [-0.3, -0.25) is 4.79 Å². The molecule has 2 heterocycles. The highest BCUT2D eigenvalue weighted by Gasteiger charge is 2.30. The van der Waals surface area contributed by atoms with Crippen LogP contribution in [0.5, 0.6) is 0 Å². The molecule has 0 aliphatic carbocycles. The fourth-order valence-corrected chi connectivity index (χ4v) is 6.06. The van der Waals surface area contributed by atoms with Gasteiger partial charge in [-0.15, -0.1) is 0 Å². The van der Waals surface area contributed by atoms with Gasteiger partial charge in [0.1, 0.15) is 0 Å². The lowest BCUT2D eigenvalue weighted by atomic mass is 10.0. The second kappa shape index (κ2) is 9.41. The molecular formula is C24H30ClN3O3S. The van der Waals surface area contributed by atoms with Gasteiger partial charge in [0.25, 0.3) is 5.91 Å². The Bertz CT molecular complexity index is 1090. The summed E-state index contributed by atoms with van der Waals surface area (Å²) < 4.78 is 27.9. The van der Waals surface area contributed by atoms with Crippen molar-refractivity contribution >= 4 is 33.2 Å². The summed E-state index contributed by atoms with van der Waals surface area (Å²) in [6, 6.07) is 12.6. The van der Waals surface area contributed by atoms with Crippen LogP contribution in [0.2, 0.25) is 5.02 Å². The van der Waals surface area contributed by atoms with Crippen LogP contribution in [0, 0.1) is 12.8 Å². The van der Waals surface area contributed by atoms with E-state index < -0.39 is 10.0 Å². The van der Waals surface area contributed by atoms with Crippen molar-refractivity contribution in [3.63, 3.8) is 0 Å². The number of carbonyl (C=O) groups is 1. The molecule has 0 bridgehead atoms. The summed E-state index contributed by atoms with van der Waals surface area (Å²) in [7, 11) is -3.60. The predicted molar refractivity (Wildman–Crippen MR) is 128 cm³/mol. The van der Waals surface area contributed by atoms with Gasteiger partial charge >= 0.3 is 0 Å². The molecule has 32 heavy (non-hydrogen) atoms. The van der Waals surface area contributed by atoms with E-state index >= 15 is 0 Å². The minimum absolute atomic E-state index is 0.113. The molecule has 8 heteroatoms. The van der Waals surface area contributed by atoms with Crippen LogP contribution in [0.25, 0.3) is 0 Å². The third-order valence-electron chi connectivity index (χ3n) is 6.56. The van der Waals surface area contributed by atoms with Crippen LogP contribution in [0.15, 0.2) is 47.4 Å². The topological polar surface area (TPSA) is 60.9 Å². The molecule has 1 amide bonds. The molecule has 2 aromatic rings. The lowest BCUT2D eigenvalue weighted by molar-refractivity contribution is 0.0746. The van der Waals surface area contributed by atoms with E-state index in [-0.39, 0.29) is 10.8 Å². The molecule has 0 aromatic heterocycles. The first-order valence-corrected chi connectivity index (χ1v) is 13.0. The van der Waals surface area contributed by atoms with Crippen molar-refractivity contribution in [2.75, 3.05) is 44.2 Å². The Hall–Kier alpha value is -2.09. The van der Waals surface area contributed by atoms with Gasteiger partial charge in [-0.25, -0.2) is 8.42 Å². The van der Waals surface area contributed by atoms with Crippen LogP contribution in [-0.4, -0.2) is 62.8 Å². The lowest BCUT2D eigenvalue weighted by Gasteiger charge is -2.36. The van der Waals surface area contributed by atoms with E-state index in [1.165, 1.54) is 0 Å². The average Bonchev–Trinajstić information content (AvgIpc) is 2.79. The van der Waals surface area contributed by atoms with E-state index in [1.54, 1.807) is 22.5 Å². The Balaban J connectivity index is 1.48. The van der Waals surface area contributed by atoms with Crippen LogP contribution < -0.4 is 4.90 Å². The average molecular weight is 476 g/mol. The smallest absolute Gasteiger partial charge is 0.254 e. The zero-order valence-electron chi connectivity index (χ0n) is 18.6. The monoisotopic (exact) mass is 475 g/mol. The number of piperidine rings is 1. The second-order valence-electron chi connectivity index (χ2n) is 8.82. The highest BCUT2D eigenvalue weighted by molar-refractivity contribution is 7.89. The maximum atomic E-state index is 13.3. The molecule has 2 fully saturated rings. The molecule has 172 valence electrons. The first kappa shape index (κ1) is 23.1.